The van der Waals surface area contributed by atoms with Crippen molar-refractivity contribution in [2.75, 3.05) is 52.9 Å². The van der Waals surface area contributed by atoms with E-state index < -0.39 is 0 Å². The van der Waals surface area contributed by atoms with Crippen LogP contribution >= 0.6 is 0 Å². The van der Waals surface area contributed by atoms with Crippen molar-refractivity contribution in [1.29, 1.82) is 0 Å². The van der Waals surface area contributed by atoms with Crippen LogP contribution in [-0.4, -0.2) is 63.1 Å². The Morgan fingerprint density at radius 1 is 0.789 bits per heavy atom. The van der Waals surface area contributed by atoms with Gasteiger partial charge >= 0.3 is 0 Å². The van der Waals surface area contributed by atoms with Crippen LogP contribution in [0, 0.1) is 5.92 Å². The number of aliphatic hydroxyl groups is 2. The van der Waals surface area contributed by atoms with Gasteiger partial charge in [0.2, 0.25) is 0 Å². The highest BCUT2D eigenvalue weighted by molar-refractivity contribution is 4.38. The first-order valence-electron chi connectivity index (χ1n) is 7.13. The second kappa shape index (κ2) is 20.1. The third-order valence-corrected chi connectivity index (χ3v) is 1.94. The van der Waals surface area contributed by atoms with Crippen molar-refractivity contribution in [3.8, 4) is 0 Å². The first-order valence-corrected chi connectivity index (χ1v) is 7.13. The maximum absolute atomic E-state index is 8.34. The van der Waals surface area contributed by atoms with Gasteiger partial charge in [-0.2, -0.15) is 0 Å². The van der Waals surface area contributed by atoms with Crippen LogP contribution in [0.3, 0.4) is 0 Å². The number of hydrogen-bond acceptors (Lipinski definition) is 5. The molecule has 118 valence electrons. The number of unbranched alkanes of at least 4 members (excludes halogenated alkanes) is 1. The van der Waals surface area contributed by atoms with Gasteiger partial charge < -0.3 is 24.4 Å². The molecule has 0 unspecified atom stereocenters. The average molecular weight is 280 g/mol. The second-order valence-corrected chi connectivity index (χ2v) is 4.49. The fourth-order valence-electron chi connectivity index (χ4n) is 1.02. The third kappa shape index (κ3) is 27.1. The van der Waals surface area contributed by atoms with Gasteiger partial charge in [0.05, 0.1) is 39.6 Å². The van der Waals surface area contributed by atoms with E-state index in [1.807, 2.05) is 0 Å². The van der Waals surface area contributed by atoms with Crippen LogP contribution in [0.2, 0.25) is 0 Å². The molecule has 0 atom stereocenters. The number of hydrogen-bond donors (Lipinski definition) is 2. The zero-order chi connectivity index (χ0) is 14.8. The molecule has 0 heterocycles. The minimum absolute atomic E-state index is 0.0922. The highest BCUT2D eigenvalue weighted by Crippen LogP contribution is 1.90. The summed E-state index contributed by atoms with van der Waals surface area (Å²) < 4.78 is 15.2. The Kier molecular flexibility index (Phi) is 22.4. The van der Waals surface area contributed by atoms with Crippen molar-refractivity contribution in [2.24, 2.45) is 5.92 Å². The van der Waals surface area contributed by atoms with E-state index in [1.165, 1.54) is 0 Å². The molecule has 0 aromatic heterocycles. The predicted octanol–water partition coefficient (Wildman–Crippen LogP) is 1.46. The van der Waals surface area contributed by atoms with Crippen LogP contribution in [0.1, 0.15) is 33.6 Å². The van der Waals surface area contributed by atoms with Gasteiger partial charge in [-0.1, -0.05) is 27.2 Å². The molecule has 0 spiro atoms. The molecule has 5 heteroatoms. The van der Waals surface area contributed by atoms with Crippen LogP contribution in [0.15, 0.2) is 0 Å². The van der Waals surface area contributed by atoms with Crippen LogP contribution < -0.4 is 0 Å². The second-order valence-electron chi connectivity index (χ2n) is 4.49. The Hall–Kier alpha value is -0.200. The molecule has 19 heavy (non-hydrogen) atoms. The molecule has 0 rings (SSSR count). The lowest BCUT2D eigenvalue weighted by molar-refractivity contribution is 0.0324. The van der Waals surface area contributed by atoms with Crippen molar-refractivity contribution in [1.82, 2.24) is 0 Å². The van der Waals surface area contributed by atoms with Crippen molar-refractivity contribution in [2.45, 2.75) is 33.6 Å². The van der Waals surface area contributed by atoms with Crippen molar-refractivity contribution < 1.29 is 24.4 Å². The molecule has 0 aromatic rings. The summed E-state index contributed by atoms with van der Waals surface area (Å²) >= 11 is 0. The maximum atomic E-state index is 8.34. The Balaban J connectivity index is 0. The summed E-state index contributed by atoms with van der Waals surface area (Å²) in [7, 11) is 0. The van der Waals surface area contributed by atoms with Gasteiger partial charge in [0, 0.05) is 13.2 Å². The van der Waals surface area contributed by atoms with Gasteiger partial charge in [-0.15, -0.1) is 0 Å². The molecule has 0 aliphatic rings. The summed E-state index contributed by atoms with van der Waals surface area (Å²) in [5.74, 6) is 0.571. The molecule has 0 bridgehead atoms. The fourth-order valence-corrected chi connectivity index (χ4v) is 1.02. The summed E-state index contributed by atoms with van der Waals surface area (Å²) in [5, 5.41) is 16.6. The Labute approximate surface area is 117 Å². The molecular formula is C14H32O5. The quantitative estimate of drug-likeness (QED) is 0.530. The molecule has 0 amide bonds. The van der Waals surface area contributed by atoms with Crippen LogP contribution in [0.4, 0.5) is 0 Å². The molecule has 0 aromatic carbocycles. The summed E-state index contributed by atoms with van der Waals surface area (Å²) in [6.45, 7) is 10.2. The Morgan fingerprint density at radius 3 is 1.79 bits per heavy atom. The molecule has 0 aliphatic carbocycles. The monoisotopic (exact) mass is 280 g/mol. The van der Waals surface area contributed by atoms with E-state index in [9.17, 15) is 0 Å². The van der Waals surface area contributed by atoms with Gasteiger partial charge in [0.25, 0.3) is 0 Å². The van der Waals surface area contributed by atoms with E-state index in [2.05, 4.69) is 20.8 Å². The Morgan fingerprint density at radius 2 is 1.32 bits per heavy atom. The topological polar surface area (TPSA) is 68.2 Å². The molecule has 0 radical (unpaired) electrons. The lowest BCUT2D eigenvalue weighted by Crippen LogP contribution is -2.07. The standard InChI is InChI=1S/C8H18O3.C6H14O2/c1-2-3-5-10-7-8-11-6-4-9;1-6(2)5-8-4-3-7/h9H,2-8H2,1H3;6-7H,3-5H2,1-2H3. The molecule has 0 aliphatic heterocycles. The first-order chi connectivity index (χ1) is 9.18. The number of ether oxygens (including phenoxy) is 3. The highest BCUT2D eigenvalue weighted by atomic mass is 16.5. The van der Waals surface area contributed by atoms with E-state index in [0.29, 0.717) is 32.3 Å². The highest BCUT2D eigenvalue weighted by Gasteiger charge is 1.90. The van der Waals surface area contributed by atoms with Gasteiger partial charge in [0.1, 0.15) is 0 Å². The van der Waals surface area contributed by atoms with Crippen molar-refractivity contribution in [3.63, 3.8) is 0 Å². The summed E-state index contributed by atoms with van der Waals surface area (Å²) in [5.41, 5.74) is 0. The molecule has 5 nitrogen and oxygen atoms in total. The molecule has 0 saturated carbocycles. The van der Waals surface area contributed by atoms with Gasteiger partial charge in [-0.05, 0) is 12.3 Å². The van der Waals surface area contributed by atoms with E-state index in [4.69, 9.17) is 24.4 Å². The lowest BCUT2D eigenvalue weighted by Gasteiger charge is -2.03. The zero-order valence-electron chi connectivity index (χ0n) is 12.8. The van der Waals surface area contributed by atoms with Crippen LogP contribution in [-0.2, 0) is 14.2 Å². The van der Waals surface area contributed by atoms with Gasteiger partial charge in [-0.25, -0.2) is 0 Å². The number of aliphatic hydroxyl groups excluding tert-OH is 2. The number of rotatable bonds is 12. The maximum Gasteiger partial charge on any atom is 0.0701 e. The minimum Gasteiger partial charge on any atom is -0.394 e. The summed E-state index contributed by atoms with van der Waals surface area (Å²) in [6.07, 6.45) is 2.28. The van der Waals surface area contributed by atoms with E-state index in [0.717, 1.165) is 26.1 Å². The Bertz CT molecular complexity index is 134. The predicted molar refractivity (Wildman–Crippen MR) is 76.4 cm³/mol. The van der Waals surface area contributed by atoms with Crippen LogP contribution in [0.25, 0.3) is 0 Å². The van der Waals surface area contributed by atoms with E-state index in [1.54, 1.807) is 0 Å². The molecule has 2 N–H and O–H groups in total. The van der Waals surface area contributed by atoms with Gasteiger partial charge in [-0.3, -0.25) is 0 Å². The molecular weight excluding hydrogens is 248 g/mol. The van der Waals surface area contributed by atoms with Crippen molar-refractivity contribution >= 4 is 0 Å². The first kappa shape index (κ1) is 21.1. The largest absolute Gasteiger partial charge is 0.394 e. The van der Waals surface area contributed by atoms with E-state index in [-0.39, 0.29) is 13.2 Å². The smallest absolute Gasteiger partial charge is 0.0701 e. The fraction of sp³-hybridized carbons (Fsp3) is 1.00. The zero-order valence-corrected chi connectivity index (χ0v) is 12.8. The van der Waals surface area contributed by atoms with Crippen LogP contribution in [0.5, 0.6) is 0 Å². The van der Waals surface area contributed by atoms with Gasteiger partial charge in [0.15, 0.2) is 0 Å². The summed E-state index contributed by atoms with van der Waals surface area (Å²) in [6, 6.07) is 0. The normalized spacial score (nSPS) is 10.4. The molecule has 0 fully saturated rings. The van der Waals surface area contributed by atoms with E-state index >= 15 is 0 Å². The average Bonchev–Trinajstić information content (AvgIpc) is 2.39. The SMILES string of the molecule is CC(C)COCCO.CCCCOCCOCCO. The third-order valence-electron chi connectivity index (χ3n) is 1.94. The summed E-state index contributed by atoms with van der Waals surface area (Å²) in [4.78, 5) is 0. The minimum atomic E-state index is 0.0922. The molecule has 0 saturated heterocycles. The van der Waals surface area contributed by atoms with Crippen molar-refractivity contribution in [3.05, 3.63) is 0 Å². The lowest BCUT2D eigenvalue weighted by atomic mass is 10.2.